The van der Waals surface area contributed by atoms with Crippen molar-refractivity contribution in [3.63, 3.8) is 0 Å². The van der Waals surface area contributed by atoms with Crippen molar-refractivity contribution < 1.29 is 14.7 Å². The molecule has 2 aromatic rings. The summed E-state index contributed by atoms with van der Waals surface area (Å²) in [5.41, 5.74) is 1.51. The highest BCUT2D eigenvalue weighted by molar-refractivity contribution is 6.30. The summed E-state index contributed by atoms with van der Waals surface area (Å²) >= 11 is 5.97. The van der Waals surface area contributed by atoms with E-state index in [1.54, 1.807) is 56.4 Å². The van der Waals surface area contributed by atoms with Crippen molar-refractivity contribution in [1.29, 1.82) is 0 Å². The van der Waals surface area contributed by atoms with Crippen LogP contribution in [-0.4, -0.2) is 26.7 Å². The Balaban J connectivity index is 2.07. The van der Waals surface area contributed by atoms with Crippen LogP contribution < -0.4 is 0 Å². The summed E-state index contributed by atoms with van der Waals surface area (Å²) < 4.78 is 0. The van der Waals surface area contributed by atoms with E-state index in [9.17, 15) is 14.7 Å². The van der Waals surface area contributed by atoms with Crippen LogP contribution in [0.1, 0.15) is 31.1 Å². The Morgan fingerprint density at radius 1 is 1.23 bits per heavy atom. The largest absolute Gasteiger partial charge is 0.503 e. The molecule has 1 unspecified atom stereocenters. The number of Topliss-reactive ketones (excluding diaryl/α,β-unsaturated/α-hetero) is 1. The number of carbonyl (C=O) groups is 2. The first-order chi connectivity index (χ1) is 12.4. The molecule has 5 nitrogen and oxygen atoms in total. The first-order valence-electron chi connectivity index (χ1n) is 8.33. The Bertz CT molecular complexity index is 860. The number of benzene rings is 1. The Morgan fingerprint density at radius 2 is 1.92 bits per heavy atom. The van der Waals surface area contributed by atoms with Crippen LogP contribution in [0.5, 0.6) is 0 Å². The predicted octanol–water partition coefficient (Wildman–Crippen LogP) is 3.86. The maximum atomic E-state index is 12.7. The molecule has 3 rings (SSSR count). The van der Waals surface area contributed by atoms with Gasteiger partial charge in [0, 0.05) is 17.1 Å². The average Bonchev–Trinajstić information content (AvgIpc) is 2.87. The molecule has 1 aliphatic heterocycles. The summed E-state index contributed by atoms with van der Waals surface area (Å²) in [6, 6.07) is 11.7. The molecule has 1 N–H and O–H groups in total. The maximum Gasteiger partial charge on any atom is 0.290 e. The molecule has 1 atom stereocenters. The molecular formula is C20H19ClN2O3. The molecule has 0 spiro atoms. The normalized spacial score (nSPS) is 17.3. The molecule has 1 amide bonds. The topological polar surface area (TPSA) is 70.5 Å². The number of aliphatic hydroxyl groups is 1. The Morgan fingerprint density at radius 3 is 2.50 bits per heavy atom. The third-order valence-corrected chi connectivity index (χ3v) is 4.59. The van der Waals surface area contributed by atoms with Crippen LogP contribution in [0.2, 0.25) is 5.02 Å². The fourth-order valence-electron chi connectivity index (χ4n) is 3.04. The summed E-state index contributed by atoms with van der Waals surface area (Å²) in [4.78, 5) is 31.1. The second-order valence-electron chi connectivity index (χ2n) is 6.49. The number of nitrogens with zero attached hydrogens (tertiary/aromatic N) is 2. The number of hydrogen-bond donors (Lipinski definition) is 1. The van der Waals surface area contributed by atoms with E-state index in [2.05, 4.69) is 4.98 Å². The molecular weight excluding hydrogens is 352 g/mol. The minimum Gasteiger partial charge on any atom is -0.503 e. The molecule has 0 aliphatic carbocycles. The smallest absolute Gasteiger partial charge is 0.290 e. The fourth-order valence-corrected chi connectivity index (χ4v) is 3.16. The van der Waals surface area contributed by atoms with Gasteiger partial charge in [-0.3, -0.25) is 14.6 Å². The van der Waals surface area contributed by atoms with Crippen LogP contribution in [0.15, 0.2) is 60.0 Å². The third-order valence-electron chi connectivity index (χ3n) is 4.34. The second kappa shape index (κ2) is 7.30. The highest BCUT2D eigenvalue weighted by Gasteiger charge is 2.43. The van der Waals surface area contributed by atoms with Crippen LogP contribution in [0, 0.1) is 5.92 Å². The van der Waals surface area contributed by atoms with Gasteiger partial charge in [-0.05, 0) is 29.8 Å². The second-order valence-corrected chi connectivity index (χ2v) is 6.93. The number of rotatable bonds is 5. The molecule has 0 bridgehead atoms. The fraction of sp³-hybridized carbons (Fsp3) is 0.250. The zero-order valence-electron chi connectivity index (χ0n) is 14.5. The van der Waals surface area contributed by atoms with Gasteiger partial charge in [-0.1, -0.05) is 43.6 Å². The van der Waals surface area contributed by atoms with E-state index in [0.717, 1.165) is 0 Å². The standard InChI is InChI=1S/C20H19ClN2O3/c1-12(2)18(24)16-17(13-6-8-14(21)9-7-13)23(20(26)19(16)25)11-15-5-3-4-10-22-15/h3-10,12,17,25H,11H2,1-2H3. The van der Waals surface area contributed by atoms with Crippen LogP contribution in [0.4, 0.5) is 0 Å². The molecule has 0 saturated heterocycles. The van der Waals surface area contributed by atoms with Gasteiger partial charge in [-0.2, -0.15) is 0 Å². The number of halogens is 1. The van der Waals surface area contributed by atoms with Crippen LogP contribution in [-0.2, 0) is 16.1 Å². The third kappa shape index (κ3) is 3.35. The number of pyridine rings is 1. The number of ketones is 1. The monoisotopic (exact) mass is 370 g/mol. The number of hydrogen-bond acceptors (Lipinski definition) is 4. The molecule has 1 aliphatic rings. The van der Waals surface area contributed by atoms with Crippen molar-refractivity contribution in [1.82, 2.24) is 9.88 Å². The predicted molar refractivity (Wildman–Crippen MR) is 98.5 cm³/mol. The zero-order chi connectivity index (χ0) is 18.8. The van der Waals surface area contributed by atoms with Crippen LogP contribution in [0.25, 0.3) is 0 Å². The SMILES string of the molecule is CC(C)C(=O)C1=C(O)C(=O)N(Cc2ccccn2)C1c1ccc(Cl)cc1. The van der Waals surface area contributed by atoms with Crippen molar-refractivity contribution >= 4 is 23.3 Å². The van der Waals surface area contributed by atoms with E-state index in [-0.39, 0.29) is 23.8 Å². The summed E-state index contributed by atoms with van der Waals surface area (Å²) in [6.07, 6.45) is 1.64. The van der Waals surface area contributed by atoms with Gasteiger partial charge in [0.15, 0.2) is 11.5 Å². The van der Waals surface area contributed by atoms with Crippen LogP contribution >= 0.6 is 11.6 Å². The molecule has 134 valence electrons. The number of amides is 1. The van der Waals surface area contributed by atoms with E-state index in [4.69, 9.17) is 11.6 Å². The molecule has 0 fully saturated rings. The molecule has 6 heteroatoms. The van der Waals surface area contributed by atoms with Gasteiger partial charge in [0.05, 0.1) is 23.9 Å². The summed E-state index contributed by atoms with van der Waals surface area (Å²) in [6.45, 7) is 3.67. The minimum atomic E-state index is -0.670. The number of aromatic nitrogens is 1. The number of carbonyl (C=O) groups excluding carboxylic acids is 2. The van der Waals surface area contributed by atoms with Crippen molar-refractivity contribution in [2.24, 2.45) is 5.92 Å². The van der Waals surface area contributed by atoms with Gasteiger partial charge in [0.25, 0.3) is 5.91 Å². The Hall–Kier alpha value is -2.66. The summed E-state index contributed by atoms with van der Waals surface area (Å²) in [5, 5.41) is 11.0. The molecule has 1 aromatic heterocycles. The first-order valence-corrected chi connectivity index (χ1v) is 8.71. The van der Waals surface area contributed by atoms with E-state index < -0.39 is 17.7 Å². The molecule has 0 radical (unpaired) electrons. The van der Waals surface area contributed by atoms with E-state index in [1.165, 1.54) is 4.90 Å². The molecule has 0 saturated carbocycles. The lowest BCUT2D eigenvalue weighted by molar-refractivity contribution is -0.130. The summed E-state index contributed by atoms with van der Waals surface area (Å²) in [7, 11) is 0. The van der Waals surface area contributed by atoms with Gasteiger partial charge < -0.3 is 10.0 Å². The molecule has 2 heterocycles. The first kappa shape index (κ1) is 18.1. The average molecular weight is 371 g/mol. The van der Waals surface area contributed by atoms with Crippen molar-refractivity contribution in [2.75, 3.05) is 0 Å². The van der Waals surface area contributed by atoms with E-state index in [0.29, 0.717) is 16.3 Å². The maximum absolute atomic E-state index is 12.7. The minimum absolute atomic E-state index is 0.128. The summed E-state index contributed by atoms with van der Waals surface area (Å²) in [5.74, 6) is -1.65. The Labute approximate surface area is 156 Å². The molecule has 26 heavy (non-hydrogen) atoms. The zero-order valence-corrected chi connectivity index (χ0v) is 15.3. The number of aliphatic hydroxyl groups excluding tert-OH is 1. The lowest BCUT2D eigenvalue weighted by Gasteiger charge is -2.27. The van der Waals surface area contributed by atoms with Crippen LogP contribution in [0.3, 0.4) is 0 Å². The lowest BCUT2D eigenvalue weighted by Crippen LogP contribution is -2.31. The Kier molecular flexibility index (Phi) is 5.09. The molecule has 1 aromatic carbocycles. The van der Waals surface area contributed by atoms with Gasteiger partial charge in [-0.15, -0.1) is 0 Å². The quantitative estimate of drug-likeness (QED) is 0.867. The van der Waals surface area contributed by atoms with Crippen molar-refractivity contribution in [3.8, 4) is 0 Å². The highest BCUT2D eigenvalue weighted by atomic mass is 35.5. The lowest BCUT2D eigenvalue weighted by atomic mass is 9.91. The van der Waals surface area contributed by atoms with Gasteiger partial charge in [0.1, 0.15) is 0 Å². The van der Waals surface area contributed by atoms with Gasteiger partial charge in [-0.25, -0.2) is 0 Å². The van der Waals surface area contributed by atoms with Crippen molar-refractivity contribution in [2.45, 2.75) is 26.4 Å². The van der Waals surface area contributed by atoms with Crippen molar-refractivity contribution in [3.05, 3.63) is 76.3 Å². The highest BCUT2D eigenvalue weighted by Crippen LogP contribution is 2.39. The van der Waals surface area contributed by atoms with Gasteiger partial charge in [0.2, 0.25) is 0 Å². The van der Waals surface area contributed by atoms with Gasteiger partial charge >= 0.3 is 0 Å². The van der Waals surface area contributed by atoms with E-state index in [1.807, 2.05) is 6.07 Å². The van der Waals surface area contributed by atoms with E-state index >= 15 is 0 Å².